The van der Waals surface area contributed by atoms with E-state index in [1.807, 2.05) is 12.1 Å². The summed E-state index contributed by atoms with van der Waals surface area (Å²) in [7, 11) is 0. The first-order valence-corrected chi connectivity index (χ1v) is 15.6. The molecule has 0 saturated carbocycles. The van der Waals surface area contributed by atoms with E-state index in [4.69, 9.17) is 4.42 Å². The van der Waals surface area contributed by atoms with Gasteiger partial charge >= 0.3 is 0 Å². The Kier molecular flexibility index (Phi) is 5.11. The number of fused-ring (bicyclic) bond motifs is 10. The number of benzene rings is 6. The average Bonchev–Trinajstić information content (AvgIpc) is 3.76. The summed E-state index contributed by atoms with van der Waals surface area (Å²) in [4.78, 5) is 2.58. The molecule has 1 aliphatic carbocycles. The molecule has 2 unspecified atom stereocenters. The third-order valence-electron chi connectivity index (χ3n) is 9.69. The van der Waals surface area contributed by atoms with E-state index in [0.717, 1.165) is 21.9 Å². The Hall–Kier alpha value is -5.80. The molecule has 2 aliphatic rings. The minimum atomic E-state index is 0.188. The molecular formula is C42H28N2O. The molecule has 0 saturated heterocycles. The molecule has 0 amide bonds. The van der Waals surface area contributed by atoms with Gasteiger partial charge in [0.05, 0.1) is 22.8 Å². The van der Waals surface area contributed by atoms with Crippen molar-refractivity contribution in [3.8, 4) is 16.8 Å². The summed E-state index contributed by atoms with van der Waals surface area (Å²) in [6.45, 7) is 0. The Morgan fingerprint density at radius 1 is 0.511 bits per heavy atom. The van der Waals surface area contributed by atoms with Crippen LogP contribution < -0.4 is 4.90 Å². The highest BCUT2D eigenvalue weighted by Gasteiger charge is 2.40. The molecule has 45 heavy (non-hydrogen) atoms. The molecule has 2 aromatic heterocycles. The van der Waals surface area contributed by atoms with Gasteiger partial charge in [-0.2, -0.15) is 0 Å². The van der Waals surface area contributed by atoms with E-state index in [1.54, 1.807) is 0 Å². The molecule has 1 aliphatic heterocycles. The van der Waals surface area contributed by atoms with Gasteiger partial charge in [0.25, 0.3) is 0 Å². The van der Waals surface area contributed by atoms with Gasteiger partial charge in [-0.1, -0.05) is 109 Å². The van der Waals surface area contributed by atoms with Crippen LogP contribution in [0.15, 0.2) is 162 Å². The van der Waals surface area contributed by atoms with Gasteiger partial charge in [0.1, 0.15) is 11.2 Å². The molecule has 3 heterocycles. The van der Waals surface area contributed by atoms with Crippen molar-refractivity contribution in [1.29, 1.82) is 0 Å². The second-order valence-electron chi connectivity index (χ2n) is 12.1. The summed E-state index contributed by atoms with van der Waals surface area (Å²) in [5.74, 6) is 0.272. The molecule has 0 fully saturated rings. The number of aromatic nitrogens is 1. The van der Waals surface area contributed by atoms with Gasteiger partial charge in [0.2, 0.25) is 0 Å². The highest BCUT2D eigenvalue weighted by atomic mass is 16.3. The van der Waals surface area contributed by atoms with Crippen LogP contribution >= 0.6 is 0 Å². The van der Waals surface area contributed by atoms with Crippen LogP contribution in [0.5, 0.6) is 0 Å². The first-order valence-electron chi connectivity index (χ1n) is 15.6. The lowest BCUT2D eigenvalue weighted by Crippen LogP contribution is -2.28. The van der Waals surface area contributed by atoms with Gasteiger partial charge in [0.15, 0.2) is 0 Å². The van der Waals surface area contributed by atoms with Gasteiger partial charge in [0, 0.05) is 38.8 Å². The maximum absolute atomic E-state index is 6.14. The summed E-state index contributed by atoms with van der Waals surface area (Å²) in [5.41, 5.74) is 11.7. The van der Waals surface area contributed by atoms with Crippen LogP contribution in [0.1, 0.15) is 11.5 Å². The van der Waals surface area contributed by atoms with Gasteiger partial charge in [-0.05, 0) is 65.2 Å². The normalized spacial score (nSPS) is 17.1. The molecule has 212 valence electrons. The Bertz CT molecular complexity index is 2510. The molecule has 6 aromatic carbocycles. The van der Waals surface area contributed by atoms with E-state index < -0.39 is 0 Å². The third-order valence-corrected chi connectivity index (χ3v) is 9.69. The molecule has 0 radical (unpaired) electrons. The van der Waals surface area contributed by atoms with Crippen LogP contribution in [0.25, 0.3) is 60.6 Å². The molecule has 2 atom stereocenters. The highest BCUT2D eigenvalue weighted by Crippen LogP contribution is 2.53. The van der Waals surface area contributed by atoms with E-state index in [-0.39, 0.29) is 12.0 Å². The predicted octanol–water partition coefficient (Wildman–Crippen LogP) is 11.1. The Morgan fingerprint density at radius 2 is 1.27 bits per heavy atom. The second-order valence-corrected chi connectivity index (χ2v) is 12.1. The van der Waals surface area contributed by atoms with Crippen molar-refractivity contribution in [2.24, 2.45) is 0 Å². The molecule has 10 rings (SSSR count). The zero-order chi connectivity index (χ0) is 29.5. The summed E-state index contributed by atoms with van der Waals surface area (Å²) in [5, 5.41) is 4.85. The van der Waals surface area contributed by atoms with Crippen LogP contribution in [0.3, 0.4) is 0 Å². The highest BCUT2D eigenvalue weighted by molar-refractivity contribution is 6.15. The lowest BCUT2D eigenvalue weighted by Gasteiger charge is -2.29. The summed E-state index contributed by atoms with van der Waals surface area (Å²) in [6, 6.07) is 48.4. The van der Waals surface area contributed by atoms with E-state index in [9.17, 15) is 0 Å². The van der Waals surface area contributed by atoms with Gasteiger partial charge in [-0.25, -0.2) is 0 Å². The molecule has 3 heteroatoms. The predicted molar refractivity (Wildman–Crippen MR) is 187 cm³/mol. The van der Waals surface area contributed by atoms with Gasteiger partial charge in [-0.3, -0.25) is 0 Å². The van der Waals surface area contributed by atoms with Gasteiger partial charge < -0.3 is 13.9 Å². The fourth-order valence-corrected chi connectivity index (χ4v) is 7.74. The zero-order valence-electron chi connectivity index (χ0n) is 24.5. The number of rotatable bonds is 3. The minimum Gasteiger partial charge on any atom is -0.456 e. The molecule has 0 bridgehead atoms. The molecular weight excluding hydrogens is 548 g/mol. The lowest BCUT2D eigenvalue weighted by atomic mass is 9.91. The van der Waals surface area contributed by atoms with E-state index in [1.165, 1.54) is 55.6 Å². The maximum Gasteiger partial charge on any atom is 0.135 e. The molecule has 0 N–H and O–H groups in total. The van der Waals surface area contributed by atoms with Crippen molar-refractivity contribution in [2.45, 2.75) is 12.0 Å². The Balaban J connectivity index is 1.22. The second kappa shape index (κ2) is 9.35. The number of furan rings is 1. The monoisotopic (exact) mass is 576 g/mol. The molecule has 8 aromatic rings. The van der Waals surface area contributed by atoms with Crippen molar-refractivity contribution >= 4 is 55.1 Å². The van der Waals surface area contributed by atoms with E-state index in [0.29, 0.717) is 0 Å². The topological polar surface area (TPSA) is 21.3 Å². The number of nitrogens with zero attached hydrogens (tertiary/aromatic N) is 2. The van der Waals surface area contributed by atoms with E-state index >= 15 is 0 Å². The fourth-order valence-electron chi connectivity index (χ4n) is 7.74. The van der Waals surface area contributed by atoms with Crippen LogP contribution in [0, 0.1) is 0 Å². The molecule has 0 spiro atoms. The first kappa shape index (κ1) is 24.6. The largest absolute Gasteiger partial charge is 0.456 e. The van der Waals surface area contributed by atoms with Crippen molar-refractivity contribution < 1.29 is 4.42 Å². The van der Waals surface area contributed by atoms with Crippen LogP contribution in [0.4, 0.5) is 11.4 Å². The number of hydrogen-bond acceptors (Lipinski definition) is 2. The summed E-state index contributed by atoms with van der Waals surface area (Å²) >= 11 is 0. The average molecular weight is 577 g/mol. The van der Waals surface area contributed by atoms with Crippen molar-refractivity contribution in [2.75, 3.05) is 4.90 Å². The van der Waals surface area contributed by atoms with Crippen molar-refractivity contribution in [1.82, 2.24) is 4.57 Å². The number of para-hydroxylation sites is 3. The fraction of sp³-hybridized carbons (Fsp3) is 0.0476. The summed E-state index contributed by atoms with van der Waals surface area (Å²) in [6.07, 6.45) is 9.13. The van der Waals surface area contributed by atoms with Crippen molar-refractivity contribution in [3.05, 3.63) is 163 Å². The first-order chi connectivity index (χ1) is 22.3. The van der Waals surface area contributed by atoms with Gasteiger partial charge in [-0.15, -0.1) is 0 Å². The van der Waals surface area contributed by atoms with Crippen LogP contribution in [-0.2, 0) is 0 Å². The molecule has 3 nitrogen and oxygen atoms in total. The zero-order valence-corrected chi connectivity index (χ0v) is 24.5. The standard InChI is InChI=1S/C42H28N2O/c1-2-12-29(13-3-1)43-37-18-7-4-15-31(37)34-22-23-35-32-16-5-8-19-38(32)44(42(35)41(34)43)30-14-10-11-27(25-30)28-21-24-40-36(26-28)33-17-6-9-20-39(33)45-40/h1-26,32,38H. The summed E-state index contributed by atoms with van der Waals surface area (Å²) < 4.78 is 8.60. The third kappa shape index (κ3) is 3.52. The minimum absolute atomic E-state index is 0.188. The lowest BCUT2D eigenvalue weighted by molar-refractivity contribution is 0.669. The Labute approximate surface area is 260 Å². The smallest absolute Gasteiger partial charge is 0.135 e. The number of anilines is 2. The SMILES string of the molecule is C1=CC2c3ccc4c5ccccc5n(-c5ccccc5)c4c3N(c3cccc(-c4ccc5oc6ccccc6c5c4)c3)C2C=C1. The maximum atomic E-state index is 6.14. The Morgan fingerprint density at radius 3 is 2.20 bits per heavy atom. The number of hydrogen-bond donors (Lipinski definition) is 0. The van der Waals surface area contributed by atoms with Crippen LogP contribution in [-0.4, -0.2) is 10.6 Å². The number of allylic oxidation sites excluding steroid dienone is 2. The quantitative estimate of drug-likeness (QED) is 0.209. The van der Waals surface area contributed by atoms with Crippen LogP contribution in [0.2, 0.25) is 0 Å². The van der Waals surface area contributed by atoms with Crippen molar-refractivity contribution in [3.63, 3.8) is 0 Å². The van der Waals surface area contributed by atoms with E-state index in [2.05, 4.69) is 155 Å².